The summed E-state index contributed by atoms with van der Waals surface area (Å²) in [5, 5.41) is 0. The number of methoxy groups -OCH3 is 2. The Morgan fingerprint density at radius 2 is 1.71 bits per heavy atom. The minimum atomic E-state index is -3.94. The molecule has 0 fully saturated rings. The first-order valence-electron chi connectivity index (χ1n) is 9.95. The minimum Gasteiger partial charge on any atom is -0.464 e. The van der Waals surface area contributed by atoms with E-state index in [4.69, 9.17) is 9.47 Å². The van der Waals surface area contributed by atoms with E-state index in [1.807, 2.05) is 6.92 Å². The number of H-pyrrole nitrogens is 1. The van der Waals surface area contributed by atoms with Crippen molar-refractivity contribution in [2.75, 3.05) is 27.4 Å². The molecular formula is C22H30N2O6S. The second-order valence-electron chi connectivity index (χ2n) is 7.43. The summed E-state index contributed by atoms with van der Waals surface area (Å²) in [6.45, 7) is 7.21. The van der Waals surface area contributed by atoms with Gasteiger partial charge in [0.2, 0.25) is 10.0 Å². The number of carbonyl (C=O) groups is 2. The zero-order valence-electron chi connectivity index (χ0n) is 18.8. The quantitative estimate of drug-likeness (QED) is 0.339. The first-order valence-corrected chi connectivity index (χ1v) is 11.4. The third kappa shape index (κ3) is 5.23. The van der Waals surface area contributed by atoms with Crippen LogP contribution in [-0.2, 0) is 19.5 Å². The highest BCUT2D eigenvalue weighted by molar-refractivity contribution is 7.89. The second kappa shape index (κ2) is 10.2. The molecule has 0 bridgehead atoms. The number of aromatic nitrogens is 1. The van der Waals surface area contributed by atoms with E-state index in [0.717, 1.165) is 5.56 Å². The number of aromatic amines is 1. The Labute approximate surface area is 183 Å². The number of rotatable bonds is 10. The molecule has 0 radical (unpaired) electrons. The van der Waals surface area contributed by atoms with E-state index in [9.17, 15) is 18.0 Å². The summed E-state index contributed by atoms with van der Waals surface area (Å²) in [4.78, 5) is 28.4. The van der Waals surface area contributed by atoms with Crippen molar-refractivity contribution in [3.8, 4) is 0 Å². The zero-order chi connectivity index (χ0) is 23.3. The summed E-state index contributed by atoms with van der Waals surface area (Å²) >= 11 is 0. The van der Waals surface area contributed by atoms with Crippen LogP contribution < -0.4 is 0 Å². The van der Waals surface area contributed by atoms with E-state index in [1.165, 1.54) is 30.7 Å². The number of carbonyl (C=O) groups excluding carboxylic acids is 2. The third-order valence-corrected chi connectivity index (χ3v) is 7.22. The van der Waals surface area contributed by atoms with Crippen LogP contribution in [0.1, 0.15) is 51.0 Å². The minimum absolute atomic E-state index is 0.114. The van der Waals surface area contributed by atoms with Gasteiger partial charge in [0, 0.05) is 31.5 Å². The highest BCUT2D eigenvalue weighted by Crippen LogP contribution is 2.25. The summed E-state index contributed by atoms with van der Waals surface area (Å²) < 4.78 is 37.8. The monoisotopic (exact) mass is 450 g/mol. The average molecular weight is 451 g/mol. The Hall–Kier alpha value is -2.49. The van der Waals surface area contributed by atoms with Gasteiger partial charge in [-0.05, 0) is 51.8 Å². The number of ketones is 1. The Balaban J connectivity index is 2.47. The van der Waals surface area contributed by atoms with Gasteiger partial charge in [0.05, 0.1) is 18.0 Å². The van der Waals surface area contributed by atoms with Gasteiger partial charge in [0.25, 0.3) is 0 Å². The van der Waals surface area contributed by atoms with E-state index >= 15 is 0 Å². The molecule has 2 aromatic rings. The van der Waals surface area contributed by atoms with Crippen LogP contribution >= 0.6 is 0 Å². The summed E-state index contributed by atoms with van der Waals surface area (Å²) in [6.07, 6.45) is 0.428. The van der Waals surface area contributed by atoms with Crippen LogP contribution in [0.15, 0.2) is 29.2 Å². The molecule has 0 aliphatic carbocycles. The highest BCUT2D eigenvalue weighted by Gasteiger charge is 2.35. The van der Waals surface area contributed by atoms with Crippen LogP contribution in [0.25, 0.3) is 0 Å². The standard InChI is InChI=1S/C22H30N2O6S/c1-14-8-10-18(11-9-14)31(27,28)24(12-7-13-29-5)17(4)21(25)19-15(2)20(22(26)30-6)23-16(19)3/h8-11,17,23H,7,12-13H2,1-6H3/t17-/m1/s1. The van der Waals surface area contributed by atoms with Crippen LogP contribution in [0.4, 0.5) is 0 Å². The second-order valence-corrected chi connectivity index (χ2v) is 9.32. The number of esters is 1. The van der Waals surface area contributed by atoms with Crippen LogP contribution in [0, 0.1) is 20.8 Å². The molecule has 9 heteroatoms. The molecule has 0 spiro atoms. The van der Waals surface area contributed by atoms with E-state index in [2.05, 4.69) is 4.98 Å². The number of aryl methyl sites for hydroxylation is 2. The maximum atomic E-state index is 13.4. The largest absolute Gasteiger partial charge is 0.464 e. The Morgan fingerprint density at radius 1 is 1.10 bits per heavy atom. The molecule has 0 unspecified atom stereocenters. The SMILES string of the molecule is COCCCN([C@H](C)C(=O)c1c(C)[nH]c(C(=O)OC)c1C)S(=O)(=O)c1ccc(C)cc1. The molecule has 1 atom stereocenters. The Morgan fingerprint density at radius 3 is 2.26 bits per heavy atom. The molecule has 1 aromatic heterocycles. The number of nitrogens with zero attached hydrogens (tertiary/aromatic N) is 1. The summed E-state index contributed by atoms with van der Waals surface area (Å²) in [6, 6.07) is 5.52. The molecule has 0 aliphatic heterocycles. The number of nitrogens with one attached hydrogen (secondary N) is 1. The van der Waals surface area contributed by atoms with Gasteiger partial charge in [0.1, 0.15) is 5.69 Å². The topological polar surface area (TPSA) is 106 Å². The first-order chi connectivity index (χ1) is 14.6. The maximum Gasteiger partial charge on any atom is 0.354 e. The van der Waals surface area contributed by atoms with Gasteiger partial charge in [-0.3, -0.25) is 4.79 Å². The lowest BCUT2D eigenvalue weighted by molar-refractivity contribution is 0.0593. The third-order valence-electron chi connectivity index (χ3n) is 5.24. The average Bonchev–Trinajstić information content (AvgIpc) is 3.03. The summed E-state index contributed by atoms with van der Waals surface area (Å²) in [7, 11) is -1.14. The number of Topliss-reactive ketones (excluding diaryl/α,β-unsaturated/α-hetero) is 1. The molecule has 0 saturated heterocycles. The van der Waals surface area contributed by atoms with Crippen LogP contribution in [-0.4, -0.2) is 62.9 Å². The molecule has 1 N–H and O–H groups in total. The Bertz CT molecular complexity index is 1040. The van der Waals surface area contributed by atoms with E-state index < -0.39 is 27.8 Å². The fraction of sp³-hybridized carbons (Fsp3) is 0.455. The molecule has 1 aromatic carbocycles. The lowest BCUT2D eigenvalue weighted by Crippen LogP contribution is -2.44. The molecule has 2 rings (SSSR count). The molecular weight excluding hydrogens is 420 g/mol. The molecule has 8 nitrogen and oxygen atoms in total. The van der Waals surface area contributed by atoms with Crippen LogP contribution in [0.3, 0.4) is 0 Å². The van der Waals surface area contributed by atoms with Crippen molar-refractivity contribution in [1.82, 2.24) is 9.29 Å². The molecule has 31 heavy (non-hydrogen) atoms. The predicted octanol–water partition coefficient (Wildman–Crippen LogP) is 3.03. The van der Waals surface area contributed by atoms with Crippen molar-refractivity contribution in [3.05, 3.63) is 52.3 Å². The molecule has 170 valence electrons. The number of sulfonamides is 1. The van der Waals surface area contributed by atoms with Crippen LogP contribution in [0.2, 0.25) is 0 Å². The van der Waals surface area contributed by atoms with E-state index in [-0.39, 0.29) is 17.1 Å². The van der Waals surface area contributed by atoms with Gasteiger partial charge in [-0.15, -0.1) is 0 Å². The zero-order valence-corrected chi connectivity index (χ0v) is 19.6. The van der Waals surface area contributed by atoms with Gasteiger partial charge in [0.15, 0.2) is 5.78 Å². The molecule has 1 heterocycles. The van der Waals surface area contributed by atoms with Crippen molar-refractivity contribution in [1.29, 1.82) is 0 Å². The summed E-state index contributed by atoms with van der Waals surface area (Å²) in [5.41, 5.74) is 2.33. The van der Waals surface area contributed by atoms with Gasteiger partial charge in [-0.25, -0.2) is 13.2 Å². The van der Waals surface area contributed by atoms with Crippen molar-refractivity contribution >= 4 is 21.8 Å². The van der Waals surface area contributed by atoms with Crippen molar-refractivity contribution in [3.63, 3.8) is 0 Å². The fourth-order valence-corrected chi connectivity index (χ4v) is 5.13. The van der Waals surface area contributed by atoms with Gasteiger partial charge in [-0.1, -0.05) is 17.7 Å². The Kier molecular flexibility index (Phi) is 8.16. The molecule has 0 saturated carbocycles. The number of ether oxygens (including phenoxy) is 2. The molecule has 0 aliphatic rings. The van der Waals surface area contributed by atoms with E-state index in [1.54, 1.807) is 32.9 Å². The lowest BCUT2D eigenvalue weighted by atomic mass is 10.0. The van der Waals surface area contributed by atoms with Crippen molar-refractivity contribution in [2.45, 2.75) is 45.1 Å². The summed E-state index contributed by atoms with van der Waals surface area (Å²) in [5.74, 6) is -0.981. The fourth-order valence-electron chi connectivity index (χ4n) is 3.50. The predicted molar refractivity (Wildman–Crippen MR) is 117 cm³/mol. The van der Waals surface area contributed by atoms with Crippen LogP contribution in [0.5, 0.6) is 0 Å². The molecule has 0 amide bonds. The lowest BCUT2D eigenvalue weighted by Gasteiger charge is -2.28. The maximum absolute atomic E-state index is 13.4. The van der Waals surface area contributed by atoms with Gasteiger partial charge >= 0.3 is 5.97 Å². The van der Waals surface area contributed by atoms with Crippen molar-refractivity contribution < 1.29 is 27.5 Å². The number of hydrogen-bond donors (Lipinski definition) is 1. The number of benzene rings is 1. The normalized spacial score (nSPS) is 12.7. The van der Waals surface area contributed by atoms with Gasteiger partial charge < -0.3 is 14.5 Å². The smallest absolute Gasteiger partial charge is 0.354 e. The first kappa shape index (κ1) is 24.8. The van der Waals surface area contributed by atoms with Crippen molar-refractivity contribution in [2.24, 2.45) is 0 Å². The highest BCUT2D eigenvalue weighted by atomic mass is 32.2. The number of hydrogen-bond acceptors (Lipinski definition) is 6. The van der Waals surface area contributed by atoms with E-state index in [0.29, 0.717) is 29.8 Å². The van der Waals surface area contributed by atoms with Gasteiger partial charge in [-0.2, -0.15) is 4.31 Å².